The second-order valence-electron chi connectivity index (χ2n) is 7.99. The van der Waals surface area contributed by atoms with Crippen molar-refractivity contribution in [1.82, 2.24) is 29.1 Å². The SMILES string of the molecule is c1ccc(-c2ccn([B-](n3ccc(-c4ccccc4)n3)n3ccc(-c4ccccc4)n3)n2)cc1. The smallest absolute Gasteiger partial charge is 0.260 e. The molecule has 0 spiro atoms. The molecule has 0 aliphatic heterocycles. The van der Waals surface area contributed by atoms with E-state index in [1.54, 1.807) is 0 Å². The minimum Gasteiger partial charge on any atom is -0.424 e. The standard InChI is InChI=1S/C27H21BN6/c1-4-10-22(11-5-1)25-16-19-32(29-25)28(33-20-17-26(30-33)23-12-6-2-7-13-23)34-21-18-27(31-34)24-14-8-3-9-15-24/h1-21H/q-1. The molecule has 0 fully saturated rings. The van der Waals surface area contributed by atoms with E-state index in [4.69, 9.17) is 15.3 Å². The van der Waals surface area contributed by atoms with Gasteiger partial charge in [-0.15, -0.1) is 0 Å². The van der Waals surface area contributed by atoms with Gasteiger partial charge < -0.3 is 13.8 Å². The van der Waals surface area contributed by atoms with E-state index in [0.717, 1.165) is 33.8 Å². The van der Waals surface area contributed by atoms with Gasteiger partial charge in [0.05, 0.1) is 17.1 Å². The van der Waals surface area contributed by atoms with Crippen LogP contribution in [0.3, 0.4) is 0 Å². The summed E-state index contributed by atoms with van der Waals surface area (Å²) in [4.78, 5) is 0. The molecule has 0 unspecified atom stereocenters. The van der Waals surface area contributed by atoms with Gasteiger partial charge in [-0.25, -0.2) is 15.3 Å². The molecule has 0 amide bonds. The van der Waals surface area contributed by atoms with Gasteiger partial charge >= 0.3 is 0 Å². The Labute approximate surface area is 197 Å². The number of nitrogens with zero attached hydrogens (tertiary/aromatic N) is 6. The normalized spacial score (nSPS) is 11.2. The Morgan fingerprint density at radius 1 is 0.382 bits per heavy atom. The summed E-state index contributed by atoms with van der Waals surface area (Å²) in [5.41, 5.74) is 5.90. The van der Waals surface area contributed by atoms with Crippen LogP contribution in [-0.2, 0) is 0 Å². The van der Waals surface area contributed by atoms with Crippen LogP contribution in [0, 0.1) is 0 Å². The minimum atomic E-state index is -0.396. The summed E-state index contributed by atoms with van der Waals surface area (Å²) in [5, 5.41) is 14.7. The van der Waals surface area contributed by atoms with Gasteiger partial charge in [-0.2, -0.15) is 0 Å². The maximum absolute atomic E-state index is 4.89. The average Bonchev–Trinajstić information content (AvgIpc) is 3.68. The predicted octanol–water partition coefficient (Wildman–Crippen LogP) is 5.21. The Morgan fingerprint density at radius 2 is 0.676 bits per heavy atom. The second kappa shape index (κ2) is 8.71. The topological polar surface area (TPSA) is 53.5 Å². The van der Waals surface area contributed by atoms with Crippen molar-refractivity contribution >= 4 is 7.12 Å². The van der Waals surface area contributed by atoms with Gasteiger partial charge in [0.1, 0.15) is 0 Å². The molecule has 0 N–H and O–H groups in total. The molecule has 7 heteroatoms. The highest BCUT2D eigenvalue weighted by Gasteiger charge is 2.14. The van der Waals surface area contributed by atoms with Gasteiger partial charge in [0, 0.05) is 16.7 Å². The quantitative estimate of drug-likeness (QED) is 0.334. The predicted molar refractivity (Wildman–Crippen MR) is 135 cm³/mol. The average molecular weight is 440 g/mol. The largest absolute Gasteiger partial charge is 0.424 e. The highest BCUT2D eigenvalue weighted by atomic mass is 15.4. The van der Waals surface area contributed by atoms with E-state index < -0.39 is 7.12 Å². The fourth-order valence-electron chi connectivity index (χ4n) is 4.05. The first-order valence-corrected chi connectivity index (χ1v) is 11.2. The van der Waals surface area contributed by atoms with Crippen LogP contribution in [0.2, 0.25) is 0 Å². The highest BCUT2D eigenvalue weighted by molar-refractivity contribution is 6.52. The molecule has 0 aliphatic carbocycles. The van der Waals surface area contributed by atoms with Crippen molar-refractivity contribution in [2.24, 2.45) is 0 Å². The molecular formula is C27H21BN6-. The first-order chi connectivity index (χ1) is 16.8. The summed E-state index contributed by atoms with van der Waals surface area (Å²) in [7, 11) is -0.396. The number of benzene rings is 3. The van der Waals surface area contributed by atoms with Crippen LogP contribution >= 0.6 is 0 Å². The summed E-state index contributed by atoms with van der Waals surface area (Å²) in [6.45, 7) is 0. The van der Waals surface area contributed by atoms with Crippen molar-refractivity contribution < 1.29 is 0 Å². The van der Waals surface area contributed by atoms with Gasteiger partial charge in [0.25, 0.3) is 7.12 Å². The van der Waals surface area contributed by atoms with Crippen molar-refractivity contribution in [3.05, 3.63) is 128 Å². The van der Waals surface area contributed by atoms with Crippen LogP contribution in [-0.4, -0.2) is 36.2 Å². The molecule has 3 heterocycles. The molecule has 163 valence electrons. The van der Waals surface area contributed by atoms with Crippen molar-refractivity contribution in [3.8, 4) is 33.8 Å². The van der Waals surface area contributed by atoms with Gasteiger partial charge in [-0.3, -0.25) is 0 Å². The summed E-state index contributed by atoms with van der Waals surface area (Å²) in [6.07, 6.45) is 5.92. The Balaban J connectivity index is 1.43. The molecule has 3 aromatic heterocycles. The summed E-state index contributed by atoms with van der Waals surface area (Å²) in [5.74, 6) is 0. The zero-order valence-electron chi connectivity index (χ0n) is 18.4. The van der Waals surface area contributed by atoms with E-state index in [9.17, 15) is 0 Å². The number of hydrogen-bond donors (Lipinski definition) is 0. The minimum absolute atomic E-state index is 0.396. The lowest BCUT2D eigenvalue weighted by atomic mass is 9.96. The fraction of sp³-hybridized carbons (Fsp3) is 0. The van der Waals surface area contributed by atoms with Crippen LogP contribution in [0.25, 0.3) is 33.8 Å². The van der Waals surface area contributed by atoms with Crippen molar-refractivity contribution in [1.29, 1.82) is 0 Å². The first kappa shape index (κ1) is 20.0. The zero-order valence-corrected chi connectivity index (χ0v) is 18.4. The van der Waals surface area contributed by atoms with E-state index in [0.29, 0.717) is 0 Å². The lowest BCUT2D eigenvalue weighted by Gasteiger charge is -2.29. The Bertz CT molecular complexity index is 1320. The van der Waals surface area contributed by atoms with Gasteiger partial charge in [0.15, 0.2) is 0 Å². The lowest BCUT2D eigenvalue weighted by molar-refractivity contribution is 0.775. The maximum atomic E-state index is 4.89. The first-order valence-electron chi connectivity index (χ1n) is 11.2. The van der Waals surface area contributed by atoms with E-state index in [2.05, 4.69) is 36.4 Å². The highest BCUT2D eigenvalue weighted by Crippen LogP contribution is 2.20. The summed E-state index contributed by atoms with van der Waals surface area (Å²) in [6, 6.07) is 36.6. The molecule has 34 heavy (non-hydrogen) atoms. The second-order valence-corrected chi connectivity index (χ2v) is 7.99. The zero-order chi connectivity index (χ0) is 22.7. The van der Waals surface area contributed by atoms with Crippen molar-refractivity contribution in [2.45, 2.75) is 0 Å². The molecule has 0 aliphatic rings. The van der Waals surface area contributed by atoms with E-state index in [1.807, 2.05) is 105 Å². The molecule has 3 aromatic carbocycles. The van der Waals surface area contributed by atoms with Gasteiger partial charge in [-0.05, 0) is 36.8 Å². The molecule has 6 aromatic rings. The van der Waals surface area contributed by atoms with Crippen LogP contribution in [0.15, 0.2) is 128 Å². The van der Waals surface area contributed by atoms with Crippen LogP contribution in [0.1, 0.15) is 0 Å². The molecule has 6 nitrogen and oxygen atoms in total. The van der Waals surface area contributed by atoms with Gasteiger partial charge in [-0.1, -0.05) is 91.0 Å². The Morgan fingerprint density at radius 3 is 0.971 bits per heavy atom. The number of rotatable bonds is 6. The lowest BCUT2D eigenvalue weighted by Crippen LogP contribution is -2.42. The Kier molecular flexibility index (Phi) is 5.12. The Hall–Kier alpha value is -4.65. The molecule has 0 saturated carbocycles. The van der Waals surface area contributed by atoms with Gasteiger partial charge in [0.2, 0.25) is 0 Å². The summed E-state index contributed by atoms with van der Waals surface area (Å²) < 4.78 is 5.68. The third-order valence-electron chi connectivity index (χ3n) is 5.74. The molecule has 0 saturated heterocycles. The molecule has 6 rings (SSSR count). The maximum Gasteiger partial charge on any atom is 0.260 e. The van der Waals surface area contributed by atoms with E-state index in [-0.39, 0.29) is 0 Å². The third kappa shape index (κ3) is 3.84. The number of aromatic nitrogens is 6. The monoisotopic (exact) mass is 440 g/mol. The molecule has 0 atom stereocenters. The van der Waals surface area contributed by atoms with Crippen molar-refractivity contribution in [2.75, 3.05) is 0 Å². The summed E-state index contributed by atoms with van der Waals surface area (Å²) >= 11 is 0. The molecule has 0 bridgehead atoms. The fourth-order valence-corrected chi connectivity index (χ4v) is 4.05. The van der Waals surface area contributed by atoms with Crippen LogP contribution in [0.4, 0.5) is 0 Å². The molecule has 1 radical (unpaired) electrons. The molecular weight excluding hydrogens is 419 g/mol. The number of hydrogen-bond acceptors (Lipinski definition) is 3. The van der Waals surface area contributed by atoms with E-state index >= 15 is 0 Å². The third-order valence-corrected chi connectivity index (χ3v) is 5.74. The van der Waals surface area contributed by atoms with Crippen LogP contribution in [0.5, 0.6) is 0 Å². The van der Waals surface area contributed by atoms with Crippen molar-refractivity contribution in [3.63, 3.8) is 0 Å². The van der Waals surface area contributed by atoms with E-state index in [1.165, 1.54) is 0 Å². The van der Waals surface area contributed by atoms with Crippen LogP contribution < -0.4 is 0 Å².